The fourth-order valence-corrected chi connectivity index (χ4v) is 2.83. The maximum absolute atomic E-state index is 12.8. The Kier molecular flexibility index (Phi) is 4.56. The van der Waals surface area contributed by atoms with Crippen LogP contribution in [0.1, 0.15) is 11.1 Å². The summed E-state index contributed by atoms with van der Waals surface area (Å²) >= 11 is 0. The molecule has 0 spiro atoms. The van der Waals surface area contributed by atoms with Gasteiger partial charge in [0.05, 0.1) is 13.6 Å². The third-order valence-corrected chi connectivity index (χ3v) is 3.99. The second-order valence-electron chi connectivity index (χ2n) is 6.09. The smallest absolute Gasteiger partial charge is 0.105 e. The third kappa shape index (κ3) is 4.07. The molecule has 3 aromatic rings. The van der Waals surface area contributed by atoms with E-state index < -0.39 is 0 Å². The summed E-state index contributed by atoms with van der Waals surface area (Å²) in [4.78, 5) is 0. The lowest BCUT2D eigenvalue weighted by Crippen LogP contribution is -2.36. The SMILES string of the molecule is C[N+]([O-])(C/C=C/c1ccccc1)Cc1cccc2ccccc12. The van der Waals surface area contributed by atoms with Gasteiger partial charge in [0, 0.05) is 5.56 Å². The minimum atomic E-state index is -0.308. The topological polar surface area (TPSA) is 23.1 Å². The van der Waals surface area contributed by atoms with Gasteiger partial charge in [0.2, 0.25) is 0 Å². The molecule has 0 fully saturated rings. The Morgan fingerprint density at radius 3 is 2.39 bits per heavy atom. The van der Waals surface area contributed by atoms with E-state index in [-0.39, 0.29) is 4.65 Å². The van der Waals surface area contributed by atoms with Crippen molar-refractivity contribution >= 4 is 16.8 Å². The highest BCUT2D eigenvalue weighted by Crippen LogP contribution is 2.21. The van der Waals surface area contributed by atoms with Crippen LogP contribution in [0.4, 0.5) is 0 Å². The molecule has 0 amide bonds. The van der Waals surface area contributed by atoms with Crippen LogP contribution < -0.4 is 0 Å². The molecule has 2 heteroatoms. The molecule has 0 saturated heterocycles. The van der Waals surface area contributed by atoms with E-state index in [4.69, 9.17) is 0 Å². The molecule has 116 valence electrons. The number of fused-ring (bicyclic) bond motifs is 1. The standard InChI is InChI=1S/C21H21NO/c1-22(23,16-8-11-18-9-3-2-4-10-18)17-20-14-7-13-19-12-5-6-15-21(19)20/h2-15H,16-17H2,1H3/b11-8+. The number of rotatable bonds is 5. The molecule has 0 radical (unpaired) electrons. The van der Waals surface area contributed by atoms with Crippen LogP contribution in [-0.2, 0) is 6.54 Å². The van der Waals surface area contributed by atoms with E-state index in [1.165, 1.54) is 10.8 Å². The largest absolute Gasteiger partial charge is 0.633 e. The first kappa shape index (κ1) is 15.5. The Morgan fingerprint density at radius 2 is 1.57 bits per heavy atom. The predicted octanol–water partition coefficient (Wildman–Crippen LogP) is 5.00. The van der Waals surface area contributed by atoms with E-state index in [1.54, 1.807) is 7.05 Å². The highest BCUT2D eigenvalue weighted by atomic mass is 16.5. The zero-order valence-electron chi connectivity index (χ0n) is 13.4. The van der Waals surface area contributed by atoms with Gasteiger partial charge in [0.15, 0.2) is 0 Å². The summed E-state index contributed by atoms with van der Waals surface area (Å²) in [5.74, 6) is 0. The molecular formula is C21H21NO. The van der Waals surface area contributed by atoms with Gasteiger partial charge in [-0.2, -0.15) is 0 Å². The fraction of sp³-hybridized carbons (Fsp3) is 0.143. The number of benzene rings is 3. The quantitative estimate of drug-likeness (QED) is 0.480. The maximum atomic E-state index is 12.8. The van der Waals surface area contributed by atoms with Crippen LogP contribution in [0, 0.1) is 5.21 Å². The average Bonchev–Trinajstić information content (AvgIpc) is 2.56. The fourth-order valence-electron chi connectivity index (χ4n) is 2.83. The summed E-state index contributed by atoms with van der Waals surface area (Å²) in [6.45, 7) is 0.929. The van der Waals surface area contributed by atoms with Crippen molar-refractivity contribution in [2.45, 2.75) is 6.54 Å². The number of likely N-dealkylation sites (N-methyl/N-ethyl adjacent to an activating group) is 1. The van der Waals surface area contributed by atoms with Crippen LogP contribution in [0.2, 0.25) is 0 Å². The lowest BCUT2D eigenvalue weighted by molar-refractivity contribution is -0.868. The van der Waals surface area contributed by atoms with Crippen LogP contribution >= 0.6 is 0 Å². The Morgan fingerprint density at radius 1 is 0.870 bits per heavy atom. The predicted molar refractivity (Wildman–Crippen MR) is 97.5 cm³/mol. The van der Waals surface area contributed by atoms with Crippen LogP contribution in [-0.4, -0.2) is 18.2 Å². The van der Waals surface area contributed by atoms with Gasteiger partial charge < -0.3 is 9.85 Å². The lowest BCUT2D eigenvalue weighted by atomic mass is 10.0. The van der Waals surface area contributed by atoms with E-state index in [0.29, 0.717) is 13.1 Å². The molecule has 3 rings (SSSR count). The highest BCUT2D eigenvalue weighted by molar-refractivity contribution is 5.85. The summed E-state index contributed by atoms with van der Waals surface area (Å²) in [6.07, 6.45) is 3.98. The Bertz CT molecular complexity index is 801. The first-order chi connectivity index (χ1) is 11.1. The molecule has 0 bridgehead atoms. The van der Waals surface area contributed by atoms with Crippen molar-refractivity contribution in [2.75, 3.05) is 13.6 Å². The van der Waals surface area contributed by atoms with Crippen molar-refractivity contribution in [1.29, 1.82) is 0 Å². The minimum Gasteiger partial charge on any atom is -0.633 e. The van der Waals surface area contributed by atoms with E-state index >= 15 is 0 Å². The summed E-state index contributed by atoms with van der Waals surface area (Å²) in [5.41, 5.74) is 2.23. The minimum absolute atomic E-state index is 0.308. The zero-order chi connectivity index (χ0) is 16.1. The Labute approximate surface area is 137 Å². The van der Waals surface area contributed by atoms with Gasteiger partial charge in [-0.3, -0.25) is 0 Å². The first-order valence-electron chi connectivity index (χ1n) is 7.88. The summed E-state index contributed by atoms with van der Waals surface area (Å²) in [5, 5.41) is 15.1. The average molecular weight is 303 g/mol. The molecule has 3 aromatic carbocycles. The van der Waals surface area contributed by atoms with Gasteiger partial charge in [-0.1, -0.05) is 78.9 Å². The van der Waals surface area contributed by atoms with Crippen molar-refractivity contribution < 1.29 is 4.65 Å². The molecule has 0 heterocycles. The van der Waals surface area contributed by atoms with E-state index in [1.807, 2.05) is 60.7 Å². The molecule has 2 nitrogen and oxygen atoms in total. The van der Waals surface area contributed by atoms with Gasteiger partial charge in [0.25, 0.3) is 0 Å². The highest BCUT2D eigenvalue weighted by Gasteiger charge is 2.11. The van der Waals surface area contributed by atoms with Crippen molar-refractivity contribution in [3.05, 3.63) is 95.2 Å². The van der Waals surface area contributed by atoms with Crippen molar-refractivity contribution in [1.82, 2.24) is 0 Å². The summed E-state index contributed by atoms with van der Waals surface area (Å²) < 4.78 is -0.308. The first-order valence-corrected chi connectivity index (χ1v) is 7.88. The molecule has 1 atom stereocenters. The van der Waals surface area contributed by atoms with E-state index in [2.05, 4.69) is 24.3 Å². The third-order valence-electron chi connectivity index (χ3n) is 3.99. The van der Waals surface area contributed by atoms with E-state index in [9.17, 15) is 5.21 Å². The number of hydroxylamine groups is 3. The summed E-state index contributed by atoms with van der Waals surface area (Å²) in [6, 6.07) is 24.5. The number of hydrogen-bond donors (Lipinski definition) is 0. The maximum Gasteiger partial charge on any atom is 0.105 e. The molecule has 0 aromatic heterocycles. The summed E-state index contributed by atoms with van der Waals surface area (Å²) in [7, 11) is 1.73. The van der Waals surface area contributed by atoms with Gasteiger partial charge in [-0.15, -0.1) is 0 Å². The molecule has 0 N–H and O–H groups in total. The molecule has 23 heavy (non-hydrogen) atoms. The van der Waals surface area contributed by atoms with Crippen LogP contribution in [0.15, 0.2) is 78.9 Å². The van der Waals surface area contributed by atoms with Gasteiger partial charge in [0.1, 0.15) is 6.54 Å². The second-order valence-corrected chi connectivity index (χ2v) is 6.09. The molecule has 1 unspecified atom stereocenters. The lowest BCUT2D eigenvalue weighted by Gasteiger charge is -2.38. The second kappa shape index (κ2) is 6.78. The van der Waals surface area contributed by atoms with Gasteiger partial charge >= 0.3 is 0 Å². The van der Waals surface area contributed by atoms with Crippen LogP contribution in [0.5, 0.6) is 0 Å². The Balaban J connectivity index is 1.74. The monoisotopic (exact) mass is 303 g/mol. The normalized spacial score (nSPS) is 14.2. The Hall–Kier alpha value is -2.42. The van der Waals surface area contributed by atoms with Crippen LogP contribution in [0.3, 0.4) is 0 Å². The molecule has 0 aliphatic heterocycles. The number of quaternary nitrogens is 1. The van der Waals surface area contributed by atoms with E-state index in [0.717, 1.165) is 11.1 Å². The van der Waals surface area contributed by atoms with Gasteiger partial charge in [-0.05, 0) is 22.4 Å². The molecule has 0 aliphatic rings. The molecule has 0 aliphatic carbocycles. The van der Waals surface area contributed by atoms with Crippen molar-refractivity contribution in [2.24, 2.45) is 0 Å². The zero-order valence-corrected chi connectivity index (χ0v) is 13.4. The van der Waals surface area contributed by atoms with Crippen molar-refractivity contribution in [3.63, 3.8) is 0 Å². The molecule has 0 saturated carbocycles. The molecular weight excluding hydrogens is 282 g/mol. The van der Waals surface area contributed by atoms with Crippen molar-refractivity contribution in [3.8, 4) is 0 Å². The van der Waals surface area contributed by atoms with Gasteiger partial charge in [-0.25, -0.2) is 0 Å². The van der Waals surface area contributed by atoms with Crippen LogP contribution in [0.25, 0.3) is 16.8 Å². The number of hydrogen-bond acceptors (Lipinski definition) is 1. The number of nitrogens with zero attached hydrogens (tertiary/aromatic N) is 1.